The Morgan fingerprint density at radius 2 is 1.34 bits per heavy atom. The van der Waals surface area contributed by atoms with Crippen molar-refractivity contribution in [1.29, 1.82) is 0 Å². The molecule has 2 aromatic heterocycles. The first-order valence-electron chi connectivity index (χ1n) is 11.8. The summed E-state index contributed by atoms with van der Waals surface area (Å²) in [6.45, 7) is 3.72. The lowest BCUT2D eigenvalue weighted by atomic mass is 10.3. The molecule has 4 heterocycles. The number of unbranched alkanes of at least 4 members (excludes halogenated alkanes) is 1. The van der Waals surface area contributed by atoms with E-state index in [2.05, 4.69) is 0 Å². The van der Waals surface area contributed by atoms with Crippen molar-refractivity contribution in [2.45, 2.75) is 43.6 Å². The van der Waals surface area contributed by atoms with Crippen LogP contribution in [0.25, 0.3) is 0 Å². The van der Waals surface area contributed by atoms with E-state index >= 15 is 0 Å². The predicted octanol–water partition coefficient (Wildman–Crippen LogP) is 3.14. The summed E-state index contributed by atoms with van der Waals surface area (Å²) in [5, 5.41) is 6.69. The summed E-state index contributed by atoms with van der Waals surface area (Å²) >= 11 is 3.03. The molecule has 3 atom stereocenters. The van der Waals surface area contributed by atoms with E-state index in [4.69, 9.17) is 37.5 Å². The van der Waals surface area contributed by atoms with Gasteiger partial charge in [0.1, 0.15) is 13.2 Å². The summed E-state index contributed by atoms with van der Waals surface area (Å²) in [5.74, 6) is 2.76. The fraction of sp³-hybridized carbons (Fsp3) is 0.636. The summed E-state index contributed by atoms with van der Waals surface area (Å²) < 4.78 is 92.9. The average Bonchev–Trinajstić information content (AvgIpc) is 3.51. The van der Waals surface area contributed by atoms with E-state index in [1.165, 1.54) is 29.6 Å². The molecular formula is C22H32O12S4. The normalized spacial score (nSPS) is 19.3. The second-order valence-corrected chi connectivity index (χ2v) is 13.5. The summed E-state index contributed by atoms with van der Waals surface area (Å²) in [5.41, 5.74) is 0. The van der Waals surface area contributed by atoms with E-state index in [-0.39, 0.29) is 31.0 Å². The van der Waals surface area contributed by atoms with E-state index in [0.29, 0.717) is 45.9 Å². The van der Waals surface area contributed by atoms with Crippen molar-refractivity contribution in [3.8, 4) is 23.0 Å². The highest BCUT2D eigenvalue weighted by atomic mass is 32.2. The van der Waals surface area contributed by atoms with Crippen molar-refractivity contribution in [2.24, 2.45) is 0 Å². The zero-order valence-electron chi connectivity index (χ0n) is 20.7. The summed E-state index contributed by atoms with van der Waals surface area (Å²) in [7, 11) is -7.83. The van der Waals surface area contributed by atoms with Crippen molar-refractivity contribution >= 4 is 42.9 Å². The quantitative estimate of drug-likeness (QED) is 0.250. The molecule has 2 aliphatic heterocycles. The van der Waals surface area contributed by atoms with Gasteiger partial charge in [-0.2, -0.15) is 16.8 Å². The Kier molecular flexibility index (Phi) is 11.9. The minimum atomic E-state index is -3.98. The number of hydrogen-bond acceptors (Lipinski definition) is 12. The molecule has 2 N–H and O–H groups in total. The van der Waals surface area contributed by atoms with Crippen molar-refractivity contribution in [3.05, 3.63) is 21.5 Å². The van der Waals surface area contributed by atoms with E-state index in [1.54, 1.807) is 0 Å². The molecule has 0 saturated heterocycles. The maximum Gasteiger partial charge on any atom is 0.267 e. The average molecular weight is 617 g/mol. The number of rotatable bonds is 13. The summed E-state index contributed by atoms with van der Waals surface area (Å²) in [6, 6.07) is 0. The number of hydrogen-bond donors (Lipinski definition) is 2. The Labute approximate surface area is 230 Å². The molecule has 12 nitrogen and oxygen atoms in total. The van der Waals surface area contributed by atoms with E-state index in [0.717, 1.165) is 23.0 Å². The lowest BCUT2D eigenvalue weighted by Crippen LogP contribution is -2.33. The highest BCUT2D eigenvalue weighted by molar-refractivity contribution is 7.86. The van der Waals surface area contributed by atoms with E-state index in [1.807, 2.05) is 21.5 Å². The van der Waals surface area contributed by atoms with E-state index in [9.17, 15) is 16.8 Å². The lowest BCUT2D eigenvalue weighted by molar-refractivity contribution is 0.00876. The Hall–Kier alpha value is -1.66. The van der Waals surface area contributed by atoms with E-state index < -0.39 is 25.5 Å². The van der Waals surface area contributed by atoms with Gasteiger partial charge in [0.2, 0.25) is 0 Å². The molecule has 0 bridgehead atoms. The first kappa shape index (κ1) is 30.9. The van der Waals surface area contributed by atoms with Crippen LogP contribution in [0.3, 0.4) is 0 Å². The molecule has 4 rings (SSSR count). The summed E-state index contributed by atoms with van der Waals surface area (Å²) in [4.78, 5) is 0. The van der Waals surface area contributed by atoms with Crippen LogP contribution in [0.15, 0.2) is 21.5 Å². The zero-order chi connectivity index (χ0) is 27.6. The molecule has 16 heteroatoms. The topological polar surface area (TPSA) is 164 Å². The van der Waals surface area contributed by atoms with Gasteiger partial charge in [-0.05, 0) is 26.2 Å². The van der Waals surface area contributed by atoms with Crippen molar-refractivity contribution < 1.29 is 54.4 Å². The SMILES string of the molecule is CC(CCOCC1COc2cscc2O1)S(=O)(=O)O.O=S(=O)(O)CCCCOCC1COc2cscc2O1. The molecule has 2 aromatic rings. The maximum absolute atomic E-state index is 10.8. The maximum atomic E-state index is 10.8. The molecule has 0 fully saturated rings. The Balaban J connectivity index is 0.000000211. The molecule has 0 saturated carbocycles. The van der Waals surface area contributed by atoms with Gasteiger partial charge in [-0.15, -0.1) is 22.7 Å². The zero-order valence-corrected chi connectivity index (χ0v) is 24.0. The lowest BCUT2D eigenvalue weighted by Gasteiger charge is -2.24. The number of thiophene rings is 2. The minimum absolute atomic E-state index is 0.135. The van der Waals surface area contributed by atoms with Gasteiger partial charge in [0.15, 0.2) is 35.2 Å². The first-order valence-corrected chi connectivity index (χ1v) is 16.8. The van der Waals surface area contributed by atoms with Crippen LogP contribution in [0.4, 0.5) is 0 Å². The van der Waals surface area contributed by atoms with Crippen LogP contribution in [0, 0.1) is 0 Å². The van der Waals surface area contributed by atoms with Crippen LogP contribution < -0.4 is 18.9 Å². The van der Waals surface area contributed by atoms with Gasteiger partial charge >= 0.3 is 0 Å². The van der Waals surface area contributed by atoms with Gasteiger partial charge in [-0.1, -0.05) is 0 Å². The van der Waals surface area contributed by atoms with Crippen LogP contribution >= 0.6 is 22.7 Å². The van der Waals surface area contributed by atoms with Gasteiger partial charge in [0, 0.05) is 34.7 Å². The van der Waals surface area contributed by atoms with Crippen LogP contribution in [0.2, 0.25) is 0 Å². The highest BCUT2D eigenvalue weighted by Crippen LogP contribution is 2.36. The van der Waals surface area contributed by atoms with Crippen LogP contribution in [-0.2, 0) is 29.7 Å². The van der Waals surface area contributed by atoms with Crippen LogP contribution in [0.1, 0.15) is 26.2 Å². The number of fused-ring (bicyclic) bond motifs is 2. The molecule has 0 aliphatic carbocycles. The van der Waals surface area contributed by atoms with Gasteiger partial charge in [-0.3, -0.25) is 9.11 Å². The second-order valence-electron chi connectivity index (χ2n) is 8.56. The van der Waals surface area contributed by atoms with Crippen LogP contribution in [-0.4, -0.2) is 88.8 Å². The molecule has 0 spiro atoms. The molecule has 2 aliphatic rings. The molecular weight excluding hydrogens is 584 g/mol. The van der Waals surface area contributed by atoms with Crippen molar-refractivity contribution in [3.63, 3.8) is 0 Å². The van der Waals surface area contributed by atoms with Gasteiger partial charge < -0.3 is 28.4 Å². The second kappa shape index (κ2) is 14.6. The smallest absolute Gasteiger partial charge is 0.267 e. The van der Waals surface area contributed by atoms with Crippen molar-refractivity contribution in [1.82, 2.24) is 0 Å². The Morgan fingerprint density at radius 3 is 1.84 bits per heavy atom. The fourth-order valence-corrected chi connectivity index (χ4v) is 5.51. The molecule has 3 unspecified atom stereocenters. The third-order valence-electron chi connectivity index (χ3n) is 5.35. The van der Waals surface area contributed by atoms with Crippen molar-refractivity contribution in [2.75, 3.05) is 45.4 Å². The molecule has 216 valence electrons. The Morgan fingerprint density at radius 1 is 0.842 bits per heavy atom. The van der Waals surface area contributed by atoms with Crippen LogP contribution in [0.5, 0.6) is 23.0 Å². The number of ether oxygens (including phenoxy) is 6. The molecule has 38 heavy (non-hydrogen) atoms. The third-order valence-corrected chi connectivity index (χ3v) is 8.81. The molecule has 0 radical (unpaired) electrons. The predicted molar refractivity (Wildman–Crippen MR) is 141 cm³/mol. The fourth-order valence-electron chi connectivity index (χ4n) is 3.20. The minimum Gasteiger partial charge on any atom is -0.485 e. The molecule has 0 amide bonds. The molecule has 0 aromatic carbocycles. The standard InChI is InChI=1S/2C11H16O6S2/c1-8(19(12,13)14)2-3-15-4-9-5-16-10-6-18-7-11(10)17-9;12-19(13,14)4-2-1-3-15-5-9-6-16-10-7-18-8-11(10)17-9/h6-9H,2-5H2,1H3,(H,12,13,14);7-9H,1-6H2,(H,12,13,14). The van der Waals surface area contributed by atoms with Gasteiger partial charge in [-0.25, -0.2) is 0 Å². The first-order chi connectivity index (χ1) is 18.0. The highest BCUT2D eigenvalue weighted by Gasteiger charge is 2.23. The largest absolute Gasteiger partial charge is 0.485 e. The van der Waals surface area contributed by atoms with Gasteiger partial charge in [0.05, 0.1) is 24.2 Å². The Bertz CT molecular complexity index is 1190. The van der Waals surface area contributed by atoms with Gasteiger partial charge in [0.25, 0.3) is 20.2 Å². The summed E-state index contributed by atoms with van der Waals surface area (Å²) in [6.07, 6.45) is 0.884. The monoisotopic (exact) mass is 616 g/mol. The third kappa shape index (κ3) is 10.8.